The molecule has 2 aromatic carbocycles. The molecule has 4 aromatic rings. The van der Waals surface area contributed by atoms with Gasteiger partial charge in [-0.3, -0.25) is 28.5 Å². The molecule has 0 amide bonds. The summed E-state index contributed by atoms with van der Waals surface area (Å²) in [4.78, 5) is 51.9. The molecule has 218 valence electrons. The van der Waals surface area contributed by atoms with E-state index in [0.29, 0.717) is 23.3 Å². The van der Waals surface area contributed by atoms with Gasteiger partial charge in [-0.2, -0.15) is 0 Å². The number of aromatic nitrogens is 3. The van der Waals surface area contributed by atoms with Crippen molar-refractivity contribution in [2.24, 2.45) is 7.05 Å². The van der Waals surface area contributed by atoms with Crippen LogP contribution < -0.4 is 32.2 Å². The standard InChI is InChI=1S/C24H21FN4O5.C4H9N.C2H6/c1-13-7-8-18(17(25)11-13)26-21-19-20(14(2)23(32)28(21)3)29(24(33)27-22(19)31)15-5-4-6-16(12-15)34-10-9-30;1-5-4-2-3-4;1-2/h4-9,11-12,26H,10H2,1-3H3,(H,27,31,33);4-5H,2-3H2,1H3;1-2H3. The zero-order valence-corrected chi connectivity index (χ0v) is 24.1. The van der Waals surface area contributed by atoms with Gasteiger partial charge in [0.1, 0.15) is 29.4 Å². The van der Waals surface area contributed by atoms with Crippen LogP contribution in [0.5, 0.6) is 5.75 Å². The maximum atomic E-state index is 14.6. The van der Waals surface area contributed by atoms with Gasteiger partial charge in [0, 0.05) is 24.7 Å². The number of carbonyl (C=O) groups is 1. The number of benzene rings is 2. The molecular weight excluding hydrogens is 529 g/mol. The van der Waals surface area contributed by atoms with Crippen LogP contribution >= 0.6 is 0 Å². The first-order valence-electron chi connectivity index (χ1n) is 13.4. The third-order valence-electron chi connectivity index (χ3n) is 6.42. The van der Waals surface area contributed by atoms with Crippen LogP contribution in [0.2, 0.25) is 0 Å². The number of aldehydes is 1. The van der Waals surface area contributed by atoms with Gasteiger partial charge in [0.2, 0.25) is 0 Å². The van der Waals surface area contributed by atoms with E-state index >= 15 is 0 Å². The maximum Gasteiger partial charge on any atom is 0.333 e. The molecule has 1 fully saturated rings. The second-order valence-electron chi connectivity index (χ2n) is 9.30. The van der Waals surface area contributed by atoms with Gasteiger partial charge in [0.25, 0.3) is 11.1 Å². The molecule has 41 heavy (non-hydrogen) atoms. The fraction of sp³-hybridized carbons (Fsp3) is 0.333. The highest BCUT2D eigenvalue weighted by Gasteiger charge is 2.21. The third kappa shape index (κ3) is 6.98. The van der Waals surface area contributed by atoms with Crippen molar-refractivity contribution in [1.82, 2.24) is 19.4 Å². The number of hydrogen-bond acceptors (Lipinski definition) is 7. The lowest BCUT2D eigenvalue weighted by atomic mass is 10.1. The van der Waals surface area contributed by atoms with Gasteiger partial charge in [-0.05, 0) is 63.6 Å². The van der Waals surface area contributed by atoms with Crippen molar-refractivity contribution in [1.29, 1.82) is 0 Å². The van der Waals surface area contributed by atoms with Crippen LogP contribution in [0.4, 0.5) is 15.9 Å². The molecule has 0 spiro atoms. The third-order valence-corrected chi connectivity index (χ3v) is 6.42. The number of H-pyrrole nitrogens is 1. The Kier molecular flexibility index (Phi) is 10.4. The second kappa shape index (κ2) is 13.7. The van der Waals surface area contributed by atoms with Crippen molar-refractivity contribution in [3.63, 3.8) is 0 Å². The van der Waals surface area contributed by atoms with E-state index in [1.807, 2.05) is 20.9 Å². The molecule has 0 bridgehead atoms. The number of fused-ring (bicyclic) bond motifs is 1. The average Bonchev–Trinajstić information content (AvgIpc) is 3.81. The molecule has 10 nitrogen and oxygen atoms in total. The molecule has 0 saturated heterocycles. The van der Waals surface area contributed by atoms with Crippen molar-refractivity contribution in [3.05, 3.63) is 90.6 Å². The number of hydrogen-bond donors (Lipinski definition) is 3. The topological polar surface area (TPSA) is 127 Å². The SMILES string of the molecule is CC.CNC1CC1.Cc1ccc(Nc2c3c(=O)[nH]c(=O)n(-c4cccc(OCC=O)c4)c3c(C)c(=O)n2C)c(F)c1. The summed E-state index contributed by atoms with van der Waals surface area (Å²) in [7, 11) is 3.46. The van der Waals surface area contributed by atoms with Crippen molar-refractivity contribution >= 4 is 28.7 Å². The molecule has 11 heteroatoms. The highest BCUT2D eigenvalue weighted by Crippen LogP contribution is 2.27. The fourth-order valence-electron chi connectivity index (χ4n) is 4.19. The van der Waals surface area contributed by atoms with E-state index < -0.39 is 22.6 Å². The zero-order valence-electron chi connectivity index (χ0n) is 24.1. The van der Waals surface area contributed by atoms with Gasteiger partial charge in [-0.15, -0.1) is 0 Å². The van der Waals surface area contributed by atoms with Crippen molar-refractivity contribution in [3.8, 4) is 11.4 Å². The van der Waals surface area contributed by atoms with Crippen LogP contribution in [0.1, 0.15) is 37.8 Å². The van der Waals surface area contributed by atoms with Gasteiger partial charge >= 0.3 is 5.69 Å². The first kappa shape index (κ1) is 31.0. The van der Waals surface area contributed by atoms with Crippen molar-refractivity contribution in [2.75, 3.05) is 19.0 Å². The van der Waals surface area contributed by atoms with E-state index in [1.165, 1.54) is 54.1 Å². The molecular formula is C30H36FN5O5. The Morgan fingerprint density at radius 2 is 1.80 bits per heavy atom. The molecule has 0 atom stereocenters. The average molecular weight is 566 g/mol. The van der Waals surface area contributed by atoms with Crippen LogP contribution in [0.25, 0.3) is 16.6 Å². The van der Waals surface area contributed by atoms with E-state index in [0.717, 1.165) is 6.04 Å². The summed E-state index contributed by atoms with van der Waals surface area (Å²) in [6.45, 7) is 7.06. The van der Waals surface area contributed by atoms with Gasteiger partial charge in [-0.25, -0.2) is 9.18 Å². The first-order chi connectivity index (χ1) is 19.7. The normalized spacial score (nSPS) is 12.1. The number of pyridine rings is 1. The molecule has 0 unspecified atom stereocenters. The molecule has 5 rings (SSSR count). The Bertz CT molecular complexity index is 1720. The summed E-state index contributed by atoms with van der Waals surface area (Å²) >= 11 is 0. The molecule has 0 radical (unpaired) electrons. The number of rotatable bonds is 7. The lowest BCUT2D eigenvalue weighted by Gasteiger charge is -2.19. The summed E-state index contributed by atoms with van der Waals surface area (Å²) < 4.78 is 22.3. The van der Waals surface area contributed by atoms with Crippen molar-refractivity contribution < 1.29 is 13.9 Å². The second-order valence-corrected chi connectivity index (χ2v) is 9.30. The smallest absolute Gasteiger partial charge is 0.333 e. The zero-order chi connectivity index (χ0) is 30.3. The minimum absolute atomic E-state index is 0.00149. The fourth-order valence-corrected chi connectivity index (χ4v) is 4.19. The number of carbonyl (C=O) groups excluding carboxylic acids is 1. The van der Waals surface area contributed by atoms with Gasteiger partial charge in [0.15, 0.2) is 6.29 Å². The number of ether oxygens (including phenoxy) is 1. The minimum atomic E-state index is -0.770. The number of aromatic amines is 1. The van der Waals surface area contributed by atoms with Crippen LogP contribution in [0.15, 0.2) is 56.8 Å². The Balaban J connectivity index is 0.000000586. The van der Waals surface area contributed by atoms with Crippen LogP contribution in [0.3, 0.4) is 0 Å². The van der Waals surface area contributed by atoms with E-state index in [1.54, 1.807) is 31.2 Å². The molecule has 1 saturated carbocycles. The summed E-state index contributed by atoms with van der Waals surface area (Å²) in [5.74, 6) is -0.222. The maximum absolute atomic E-state index is 14.6. The van der Waals surface area contributed by atoms with Crippen molar-refractivity contribution in [2.45, 2.75) is 46.6 Å². The quantitative estimate of drug-likeness (QED) is 0.291. The molecule has 2 aromatic heterocycles. The largest absolute Gasteiger partial charge is 0.486 e. The summed E-state index contributed by atoms with van der Waals surface area (Å²) in [5, 5.41) is 5.98. The van der Waals surface area contributed by atoms with E-state index in [4.69, 9.17) is 4.74 Å². The van der Waals surface area contributed by atoms with Gasteiger partial charge in [-0.1, -0.05) is 26.0 Å². The lowest BCUT2D eigenvalue weighted by Crippen LogP contribution is -2.34. The molecule has 1 aliphatic rings. The molecule has 1 aliphatic carbocycles. The van der Waals surface area contributed by atoms with Crippen LogP contribution in [0, 0.1) is 19.7 Å². The Labute approximate surface area is 236 Å². The van der Waals surface area contributed by atoms with Gasteiger partial charge in [0.05, 0.1) is 16.9 Å². The highest BCUT2D eigenvalue weighted by atomic mass is 19.1. The number of aryl methyl sites for hydroxylation is 2. The monoisotopic (exact) mass is 565 g/mol. The Hall–Kier alpha value is -4.51. The first-order valence-corrected chi connectivity index (χ1v) is 13.4. The van der Waals surface area contributed by atoms with Gasteiger partial charge < -0.3 is 15.4 Å². The van der Waals surface area contributed by atoms with E-state index in [9.17, 15) is 23.6 Å². The van der Waals surface area contributed by atoms with Crippen LogP contribution in [-0.2, 0) is 11.8 Å². The Morgan fingerprint density at radius 3 is 2.39 bits per heavy atom. The summed E-state index contributed by atoms with van der Waals surface area (Å²) in [6.07, 6.45) is 3.39. The number of halogens is 1. The predicted molar refractivity (Wildman–Crippen MR) is 160 cm³/mol. The summed E-state index contributed by atoms with van der Waals surface area (Å²) in [6, 6.07) is 11.7. The molecule has 3 N–H and O–H groups in total. The van der Waals surface area contributed by atoms with Crippen LogP contribution in [-0.4, -0.2) is 40.1 Å². The lowest BCUT2D eigenvalue weighted by molar-refractivity contribution is -0.109. The number of anilines is 2. The summed E-state index contributed by atoms with van der Waals surface area (Å²) in [5.41, 5.74) is -0.698. The highest BCUT2D eigenvalue weighted by molar-refractivity contribution is 5.93. The Morgan fingerprint density at radius 1 is 1.10 bits per heavy atom. The number of nitrogens with one attached hydrogen (secondary N) is 3. The molecule has 2 heterocycles. The minimum Gasteiger partial charge on any atom is -0.486 e. The van der Waals surface area contributed by atoms with E-state index in [2.05, 4.69) is 15.6 Å². The predicted octanol–water partition coefficient (Wildman–Crippen LogP) is 3.85. The number of nitrogens with zero attached hydrogens (tertiary/aromatic N) is 2. The van der Waals surface area contributed by atoms with E-state index in [-0.39, 0.29) is 34.6 Å². The molecule has 0 aliphatic heterocycles.